The normalized spacial score (nSPS) is 15.4. The van der Waals surface area contributed by atoms with Crippen molar-refractivity contribution >= 4 is 23.4 Å². The van der Waals surface area contributed by atoms with Crippen molar-refractivity contribution in [2.45, 2.75) is 25.9 Å². The van der Waals surface area contributed by atoms with Crippen LogP contribution in [0.15, 0.2) is 72.8 Å². The van der Waals surface area contributed by atoms with Crippen LogP contribution in [-0.2, 0) is 16.1 Å². The quantitative estimate of drug-likeness (QED) is 0.501. The molecule has 1 saturated heterocycles. The molecule has 3 amide bonds. The van der Waals surface area contributed by atoms with Crippen LogP contribution in [0.1, 0.15) is 27.9 Å². The number of imide groups is 1. The summed E-state index contributed by atoms with van der Waals surface area (Å²) in [5.74, 6) is 0.0247. The van der Waals surface area contributed by atoms with Crippen LogP contribution in [-0.4, -0.2) is 42.9 Å². The van der Waals surface area contributed by atoms with Gasteiger partial charge in [-0.25, -0.2) is 4.90 Å². The number of carbonyl (C=O) groups is 3. The van der Waals surface area contributed by atoms with E-state index in [9.17, 15) is 14.4 Å². The minimum Gasteiger partial charge on any atom is -0.497 e. The molecule has 0 bridgehead atoms. The molecule has 7 nitrogen and oxygen atoms in total. The fraction of sp³-hybridized carbons (Fsp3) is 0.222. The average molecular weight is 459 g/mol. The standard InChI is InChI=1S/C27H26N2O5/c1-18-7-9-19(10-8-18)17-28(26(31)20-5-4-6-23(15-20)34-3)24-16-25(30)29(27(24)32)21-11-13-22(33-2)14-12-21/h4-15,24H,16-17H2,1-3H3. The van der Waals surface area contributed by atoms with Gasteiger partial charge in [-0.2, -0.15) is 0 Å². The predicted molar refractivity (Wildman–Crippen MR) is 128 cm³/mol. The second-order valence-electron chi connectivity index (χ2n) is 8.14. The van der Waals surface area contributed by atoms with Gasteiger partial charge >= 0.3 is 0 Å². The SMILES string of the molecule is COc1ccc(N2C(=O)CC(N(Cc3ccc(C)cc3)C(=O)c3cccc(OC)c3)C2=O)cc1. The highest BCUT2D eigenvalue weighted by Crippen LogP contribution is 2.29. The summed E-state index contributed by atoms with van der Waals surface area (Å²) in [4.78, 5) is 42.6. The Bertz CT molecular complexity index is 1200. The van der Waals surface area contributed by atoms with E-state index in [0.29, 0.717) is 22.7 Å². The fourth-order valence-corrected chi connectivity index (χ4v) is 4.00. The van der Waals surface area contributed by atoms with Crippen LogP contribution >= 0.6 is 0 Å². The Morgan fingerprint density at radius 3 is 2.26 bits per heavy atom. The third-order valence-electron chi connectivity index (χ3n) is 5.88. The highest BCUT2D eigenvalue weighted by molar-refractivity contribution is 6.23. The molecule has 174 valence electrons. The van der Waals surface area contributed by atoms with Crippen molar-refractivity contribution < 1.29 is 23.9 Å². The van der Waals surface area contributed by atoms with E-state index in [-0.39, 0.29) is 24.8 Å². The monoisotopic (exact) mass is 458 g/mol. The molecule has 3 aromatic carbocycles. The van der Waals surface area contributed by atoms with E-state index in [2.05, 4.69) is 0 Å². The van der Waals surface area contributed by atoms with E-state index < -0.39 is 11.9 Å². The average Bonchev–Trinajstić information content (AvgIpc) is 3.16. The number of carbonyl (C=O) groups excluding carboxylic acids is 3. The van der Waals surface area contributed by atoms with E-state index in [4.69, 9.17) is 9.47 Å². The summed E-state index contributed by atoms with van der Waals surface area (Å²) in [6, 6.07) is 20.3. The molecule has 34 heavy (non-hydrogen) atoms. The Kier molecular flexibility index (Phi) is 6.63. The lowest BCUT2D eigenvalue weighted by Crippen LogP contribution is -2.45. The first-order chi connectivity index (χ1) is 16.4. The first-order valence-electron chi connectivity index (χ1n) is 10.9. The van der Waals surface area contributed by atoms with E-state index >= 15 is 0 Å². The zero-order chi connectivity index (χ0) is 24.2. The lowest BCUT2D eigenvalue weighted by atomic mass is 10.1. The van der Waals surface area contributed by atoms with Crippen LogP contribution in [0.3, 0.4) is 0 Å². The van der Waals surface area contributed by atoms with Gasteiger partial charge in [0.25, 0.3) is 11.8 Å². The molecule has 1 aliphatic rings. The van der Waals surface area contributed by atoms with Crippen LogP contribution in [0, 0.1) is 6.92 Å². The molecule has 0 radical (unpaired) electrons. The number of rotatable bonds is 7. The van der Waals surface area contributed by atoms with Crippen molar-refractivity contribution in [3.05, 3.63) is 89.5 Å². The smallest absolute Gasteiger partial charge is 0.257 e. The van der Waals surface area contributed by atoms with Crippen molar-refractivity contribution in [3.63, 3.8) is 0 Å². The zero-order valence-electron chi connectivity index (χ0n) is 19.4. The summed E-state index contributed by atoms with van der Waals surface area (Å²) < 4.78 is 10.4. The molecule has 0 aliphatic carbocycles. The number of methoxy groups -OCH3 is 2. The molecule has 1 fully saturated rings. The zero-order valence-corrected chi connectivity index (χ0v) is 19.4. The van der Waals surface area contributed by atoms with Gasteiger partial charge in [-0.05, 0) is 55.0 Å². The molecule has 0 saturated carbocycles. The van der Waals surface area contributed by atoms with Crippen LogP contribution in [0.4, 0.5) is 5.69 Å². The highest BCUT2D eigenvalue weighted by atomic mass is 16.5. The Hall–Kier alpha value is -4.13. The number of anilines is 1. The van der Waals surface area contributed by atoms with Crippen molar-refractivity contribution in [3.8, 4) is 11.5 Å². The van der Waals surface area contributed by atoms with Gasteiger partial charge in [0.05, 0.1) is 26.3 Å². The van der Waals surface area contributed by atoms with E-state index in [0.717, 1.165) is 16.0 Å². The van der Waals surface area contributed by atoms with Crippen molar-refractivity contribution in [1.82, 2.24) is 4.90 Å². The molecule has 3 aromatic rings. The molecule has 1 atom stereocenters. The Morgan fingerprint density at radius 2 is 1.62 bits per heavy atom. The Balaban J connectivity index is 1.68. The number of amides is 3. The molecule has 7 heteroatoms. The summed E-state index contributed by atoms with van der Waals surface area (Å²) >= 11 is 0. The molecule has 1 aliphatic heterocycles. The number of ether oxygens (including phenoxy) is 2. The van der Waals surface area contributed by atoms with Crippen molar-refractivity contribution in [2.75, 3.05) is 19.1 Å². The predicted octanol–water partition coefficient (Wildman–Crippen LogP) is 3.99. The van der Waals surface area contributed by atoms with E-state index in [1.165, 1.54) is 12.0 Å². The number of nitrogens with zero attached hydrogens (tertiary/aromatic N) is 2. The third-order valence-corrected chi connectivity index (χ3v) is 5.88. The molecule has 0 spiro atoms. The molecular formula is C27H26N2O5. The Labute approximate surface area is 198 Å². The number of benzene rings is 3. The minimum absolute atomic E-state index is 0.0908. The second kappa shape index (κ2) is 9.79. The van der Waals surface area contributed by atoms with Gasteiger partial charge in [0, 0.05) is 12.1 Å². The summed E-state index contributed by atoms with van der Waals surface area (Å²) in [5, 5.41) is 0. The molecule has 1 heterocycles. The maximum atomic E-state index is 13.6. The second-order valence-corrected chi connectivity index (χ2v) is 8.14. The number of hydrogen-bond donors (Lipinski definition) is 0. The first-order valence-corrected chi connectivity index (χ1v) is 10.9. The lowest BCUT2D eigenvalue weighted by Gasteiger charge is -2.28. The summed E-state index contributed by atoms with van der Waals surface area (Å²) in [7, 11) is 3.07. The molecule has 4 rings (SSSR count). The van der Waals surface area contributed by atoms with Gasteiger partial charge < -0.3 is 14.4 Å². The summed E-state index contributed by atoms with van der Waals surface area (Å²) in [6.45, 7) is 2.17. The van der Waals surface area contributed by atoms with Gasteiger partial charge in [-0.15, -0.1) is 0 Å². The topological polar surface area (TPSA) is 76.2 Å². The third kappa shape index (κ3) is 4.64. The van der Waals surface area contributed by atoms with Gasteiger partial charge in [0.2, 0.25) is 5.91 Å². The van der Waals surface area contributed by atoms with Gasteiger partial charge in [-0.3, -0.25) is 14.4 Å². The van der Waals surface area contributed by atoms with Gasteiger partial charge in [0.15, 0.2) is 0 Å². The largest absolute Gasteiger partial charge is 0.497 e. The highest BCUT2D eigenvalue weighted by Gasteiger charge is 2.44. The minimum atomic E-state index is -0.922. The summed E-state index contributed by atoms with van der Waals surface area (Å²) in [5.41, 5.74) is 2.79. The van der Waals surface area contributed by atoms with Crippen molar-refractivity contribution in [1.29, 1.82) is 0 Å². The van der Waals surface area contributed by atoms with Crippen LogP contribution in [0.5, 0.6) is 11.5 Å². The molecule has 1 unspecified atom stereocenters. The fourth-order valence-electron chi connectivity index (χ4n) is 4.00. The van der Waals surface area contributed by atoms with Gasteiger partial charge in [-0.1, -0.05) is 35.9 Å². The van der Waals surface area contributed by atoms with Crippen molar-refractivity contribution in [2.24, 2.45) is 0 Å². The maximum Gasteiger partial charge on any atom is 0.257 e. The van der Waals surface area contributed by atoms with Crippen LogP contribution in [0.25, 0.3) is 0 Å². The van der Waals surface area contributed by atoms with E-state index in [1.807, 2.05) is 31.2 Å². The molecule has 0 aromatic heterocycles. The maximum absolute atomic E-state index is 13.6. The number of hydrogen-bond acceptors (Lipinski definition) is 5. The lowest BCUT2D eigenvalue weighted by molar-refractivity contribution is -0.122. The molecular weight excluding hydrogens is 432 g/mol. The Morgan fingerprint density at radius 1 is 0.941 bits per heavy atom. The van der Waals surface area contributed by atoms with Crippen LogP contribution in [0.2, 0.25) is 0 Å². The van der Waals surface area contributed by atoms with Gasteiger partial charge in [0.1, 0.15) is 17.5 Å². The summed E-state index contributed by atoms with van der Waals surface area (Å²) in [6.07, 6.45) is -0.0908. The number of aryl methyl sites for hydroxylation is 1. The molecule has 0 N–H and O–H groups in total. The first kappa shape index (κ1) is 23.0. The van der Waals surface area contributed by atoms with E-state index in [1.54, 1.807) is 55.6 Å². The van der Waals surface area contributed by atoms with Crippen LogP contribution < -0.4 is 14.4 Å².